The first-order chi connectivity index (χ1) is 10.2. The third kappa shape index (κ3) is 3.89. The van der Waals surface area contributed by atoms with Crippen LogP contribution in [0.15, 0.2) is 58.3 Å². The molecule has 0 amide bonds. The first-order valence-electron chi connectivity index (χ1n) is 6.06. The van der Waals surface area contributed by atoms with Crippen LogP contribution in [0, 0.1) is 12.7 Å². The Morgan fingerprint density at radius 1 is 0.727 bits per heavy atom. The molecule has 6 nitrogen and oxygen atoms in total. The lowest BCUT2D eigenvalue weighted by Crippen LogP contribution is -2.41. The van der Waals surface area contributed by atoms with E-state index in [1.807, 2.05) is 0 Å². The molecule has 22 heavy (non-hydrogen) atoms. The summed E-state index contributed by atoms with van der Waals surface area (Å²) >= 11 is 0. The van der Waals surface area contributed by atoms with E-state index in [1.165, 1.54) is 12.1 Å². The van der Waals surface area contributed by atoms with Crippen molar-refractivity contribution in [3.8, 4) is 0 Å². The van der Waals surface area contributed by atoms with E-state index < -0.39 is 25.9 Å². The first-order valence-corrected chi connectivity index (χ1v) is 9.03. The van der Waals surface area contributed by atoms with Gasteiger partial charge < -0.3 is 0 Å². The van der Waals surface area contributed by atoms with Gasteiger partial charge >= 0.3 is 0 Å². The van der Waals surface area contributed by atoms with Crippen LogP contribution in [0.2, 0.25) is 0 Å². The summed E-state index contributed by atoms with van der Waals surface area (Å²) in [5, 5.41) is 0. The van der Waals surface area contributed by atoms with Gasteiger partial charge in [-0.2, -0.15) is 0 Å². The highest BCUT2D eigenvalue weighted by Crippen LogP contribution is 2.11. The molecule has 0 aliphatic carbocycles. The maximum Gasteiger partial charge on any atom is 0.254 e. The Morgan fingerprint density at radius 3 is 1.50 bits per heavy atom. The second-order valence-corrected chi connectivity index (χ2v) is 7.84. The minimum absolute atomic E-state index is 0.0834. The van der Waals surface area contributed by atoms with Crippen molar-refractivity contribution in [2.75, 3.05) is 0 Å². The van der Waals surface area contributed by atoms with Gasteiger partial charge in [-0.3, -0.25) is 0 Å². The summed E-state index contributed by atoms with van der Waals surface area (Å²) in [6.07, 6.45) is 0. The van der Waals surface area contributed by atoms with Crippen LogP contribution < -0.4 is 9.66 Å². The summed E-state index contributed by atoms with van der Waals surface area (Å²) in [6.45, 7) is 1.79. The molecule has 0 aromatic heterocycles. The number of hydrazine groups is 1. The molecule has 9 heteroatoms. The normalized spacial score (nSPS) is 12.3. The third-order valence-electron chi connectivity index (χ3n) is 2.77. The van der Waals surface area contributed by atoms with Gasteiger partial charge in [0.2, 0.25) is 0 Å². The van der Waals surface area contributed by atoms with E-state index in [0.717, 1.165) is 29.8 Å². The standard InChI is InChI=1S/C13H13FN2O4S2/c1-10-2-6-12(7-3-10)21(17,18)15-16-22(19,20)13-8-4-11(14)5-9-13/h2-9,15-16H,1H3. The van der Waals surface area contributed by atoms with Crippen LogP contribution in [0.5, 0.6) is 0 Å². The second kappa shape index (κ2) is 6.13. The lowest BCUT2D eigenvalue weighted by atomic mass is 10.2. The number of hydrogen-bond donors (Lipinski definition) is 2. The van der Waals surface area contributed by atoms with Crippen molar-refractivity contribution < 1.29 is 21.2 Å². The van der Waals surface area contributed by atoms with Crippen LogP contribution >= 0.6 is 0 Å². The molecule has 0 spiro atoms. The van der Waals surface area contributed by atoms with Crippen LogP contribution in [0.3, 0.4) is 0 Å². The fourth-order valence-electron chi connectivity index (χ4n) is 1.56. The second-order valence-electron chi connectivity index (χ2n) is 4.48. The van der Waals surface area contributed by atoms with Gasteiger partial charge in [-0.25, -0.2) is 21.2 Å². The van der Waals surface area contributed by atoms with Crippen molar-refractivity contribution >= 4 is 20.0 Å². The molecule has 2 aromatic rings. The summed E-state index contributed by atoms with van der Waals surface area (Å²) in [6, 6.07) is 9.85. The third-order valence-corrected chi connectivity index (χ3v) is 5.42. The SMILES string of the molecule is Cc1ccc(S(=O)(=O)NNS(=O)(=O)c2ccc(F)cc2)cc1. The van der Waals surface area contributed by atoms with Gasteiger partial charge in [0.15, 0.2) is 0 Å². The molecule has 0 unspecified atom stereocenters. The molecular formula is C13H13FN2O4S2. The zero-order valence-corrected chi connectivity index (χ0v) is 13.1. The van der Waals surface area contributed by atoms with Crippen molar-refractivity contribution in [1.82, 2.24) is 9.66 Å². The highest BCUT2D eigenvalue weighted by Gasteiger charge is 2.19. The molecule has 0 radical (unpaired) electrons. The fourth-order valence-corrected chi connectivity index (χ4v) is 3.66. The fraction of sp³-hybridized carbons (Fsp3) is 0.0769. The van der Waals surface area contributed by atoms with Crippen LogP contribution in [0.1, 0.15) is 5.56 Å². The molecule has 2 aromatic carbocycles. The summed E-state index contributed by atoms with van der Waals surface area (Å²) in [5.74, 6) is -0.598. The number of halogens is 1. The van der Waals surface area contributed by atoms with Crippen LogP contribution in [0.25, 0.3) is 0 Å². The minimum atomic E-state index is -4.13. The van der Waals surface area contributed by atoms with E-state index in [9.17, 15) is 21.2 Å². The largest absolute Gasteiger partial charge is 0.254 e. The van der Waals surface area contributed by atoms with E-state index >= 15 is 0 Å². The molecule has 2 N–H and O–H groups in total. The van der Waals surface area contributed by atoms with E-state index in [0.29, 0.717) is 0 Å². The molecule has 0 saturated carbocycles. The van der Waals surface area contributed by atoms with Gasteiger partial charge in [-0.15, -0.1) is 9.66 Å². The molecule has 0 aliphatic rings. The predicted octanol–water partition coefficient (Wildman–Crippen LogP) is 1.31. The summed E-state index contributed by atoms with van der Waals surface area (Å²) < 4.78 is 60.6. The van der Waals surface area contributed by atoms with Gasteiger partial charge in [-0.1, -0.05) is 17.7 Å². The minimum Gasteiger partial charge on any atom is -0.207 e. The number of benzene rings is 2. The molecule has 0 saturated heterocycles. The Bertz CT molecular complexity index is 786. The monoisotopic (exact) mass is 344 g/mol. The van der Waals surface area contributed by atoms with Gasteiger partial charge in [0.1, 0.15) is 5.82 Å². The lowest BCUT2D eigenvalue weighted by molar-refractivity contribution is 0.557. The van der Waals surface area contributed by atoms with E-state index in [4.69, 9.17) is 0 Å². The maximum atomic E-state index is 12.8. The zero-order chi connectivity index (χ0) is 16.4. The Hall–Kier alpha value is -1.81. The summed E-state index contributed by atoms with van der Waals surface area (Å²) in [7, 11) is -8.17. The van der Waals surface area contributed by atoms with E-state index in [-0.39, 0.29) is 9.79 Å². The number of sulfonamides is 2. The lowest BCUT2D eigenvalue weighted by Gasteiger charge is -2.09. The highest BCUT2D eigenvalue weighted by atomic mass is 32.2. The Kier molecular flexibility index (Phi) is 4.61. The predicted molar refractivity (Wildman–Crippen MR) is 78.2 cm³/mol. The molecule has 0 heterocycles. The van der Waals surface area contributed by atoms with Crippen LogP contribution in [-0.2, 0) is 20.0 Å². The zero-order valence-electron chi connectivity index (χ0n) is 11.4. The molecular weight excluding hydrogens is 331 g/mol. The number of aryl methyl sites for hydroxylation is 1. The average Bonchev–Trinajstić information content (AvgIpc) is 2.46. The topological polar surface area (TPSA) is 92.3 Å². The molecule has 0 aliphatic heterocycles. The number of rotatable bonds is 5. The number of nitrogens with one attached hydrogen (secondary N) is 2. The van der Waals surface area contributed by atoms with Gasteiger partial charge in [0.05, 0.1) is 9.79 Å². The van der Waals surface area contributed by atoms with E-state index in [1.54, 1.807) is 28.7 Å². The average molecular weight is 344 g/mol. The van der Waals surface area contributed by atoms with Crippen molar-refractivity contribution in [3.05, 3.63) is 59.9 Å². The van der Waals surface area contributed by atoms with Crippen LogP contribution in [0.4, 0.5) is 4.39 Å². The molecule has 2 rings (SSSR count). The molecule has 0 bridgehead atoms. The Morgan fingerprint density at radius 2 is 1.09 bits per heavy atom. The Balaban J connectivity index is 2.17. The Labute approximate surface area is 128 Å². The maximum absolute atomic E-state index is 12.8. The van der Waals surface area contributed by atoms with Gasteiger partial charge in [0.25, 0.3) is 20.0 Å². The quantitative estimate of drug-likeness (QED) is 0.800. The highest BCUT2D eigenvalue weighted by molar-refractivity contribution is 7.92. The van der Waals surface area contributed by atoms with Crippen LogP contribution in [-0.4, -0.2) is 16.8 Å². The number of hydrogen-bond acceptors (Lipinski definition) is 4. The summed E-state index contributed by atoms with van der Waals surface area (Å²) in [4.78, 5) is 3.20. The molecule has 118 valence electrons. The first kappa shape index (κ1) is 16.6. The summed E-state index contributed by atoms with van der Waals surface area (Å²) in [5.41, 5.74) is 0.867. The molecule has 0 atom stereocenters. The van der Waals surface area contributed by atoms with Crippen molar-refractivity contribution in [2.24, 2.45) is 0 Å². The van der Waals surface area contributed by atoms with Crippen molar-refractivity contribution in [2.45, 2.75) is 16.7 Å². The van der Waals surface area contributed by atoms with Crippen molar-refractivity contribution in [1.29, 1.82) is 0 Å². The van der Waals surface area contributed by atoms with Gasteiger partial charge in [0, 0.05) is 0 Å². The molecule has 0 fully saturated rings. The smallest absolute Gasteiger partial charge is 0.207 e. The van der Waals surface area contributed by atoms with E-state index in [2.05, 4.69) is 0 Å². The van der Waals surface area contributed by atoms with Gasteiger partial charge in [-0.05, 0) is 43.3 Å². The van der Waals surface area contributed by atoms with Crippen molar-refractivity contribution in [3.63, 3.8) is 0 Å².